The van der Waals surface area contributed by atoms with Crippen molar-refractivity contribution in [3.8, 4) is 0 Å². The van der Waals surface area contributed by atoms with Crippen molar-refractivity contribution < 1.29 is 21.6 Å². The minimum Gasteiger partial charge on any atom is -0.269 e. The molecule has 3 aliphatic rings. The lowest BCUT2D eigenvalue weighted by molar-refractivity contribution is -0.123. The van der Waals surface area contributed by atoms with E-state index in [1.54, 1.807) is 48.5 Å². The number of aromatic nitrogens is 1. The summed E-state index contributed by atoms with van der Waals surface area (Å²) >= 11 is 0. The number of rotatable bonds is 4. The third-order valence-electron chi connectivity index (χ3n) is 9.32. The van der Waals surface area contributed by atoms with Crippen LogP contribution in [0, 0.1) is 23.7 Å². The highest BCUT2D eigenvalue weighted by Crippen LogP contribution is 2.70. The fourth-order valence-corrected chi connectivity index (χ4v) is 11.0. The molecule has 9 heteroatoms. The molecule has 2 saturated carbocycles. The number of hydrogen-bond donors (Lipinski definition) is 0. The summed E-state index contributed by atoms with van der Waals surface area (Å²) in [5, 5.41) is 0.657. The zero-order valence-corrected chi connectivity index (χ0v) is 22.7. The van der Waals surface area contributed by atoms with Crippen molar-refractivity contribution in [1.82, 2.24) is 8.28 Å². The van der Waals surface area contributed by atoms with Gasteiger partial charge in [-0.1, -0.05) is 49.7 Å². The molecule has 1 amide bonds. The van der Waals surface area contributed by atoms with E-state index in [9.17, 15) is 21.6 Å². The summed E-state index contributed by atoms with van der Waals surface area (Å²) < 4.78 is 55.7. The van der Waals surface area contributed by atoms with Gasteiger partial charge >= 0.3 is 0 Å². The summed E-state index contributed by atoms with van der Waals surface area (Å²) in [6.07, 6.45) is 6.84. The van der Waals surface area contributed by atoms with Gasteiger partial charge in [0.05, 0.1) is 22.2 Å². The van der Waals surface area contributed by atoms with Gasteiger partial charge in [-0.05, 0) is 61.8 Å². The number of carbonyl (C=O) groups excluding carboxylic acids is 1. The molecule has 1 spiro atoms. The molecule has 2 aromatic carbocycles. The number of benzene rings is 2. The second-order valence-electron chi connectivity index (χ2n) is 11.3. The van der Waals surface area contributed by atoms with Crippen molar-refractivity contribution in [2.75, 3.05) is 5.75 Å². The number of para-hydroxylation sites is 1. The Bertz CT molecular complexity index is 1680. The third-order valence-corrected chi connectivity index (χ3v) is 12.9. The van der Waals surface area contributed by atoms with Gasteiger partial charge in [0.25, 0.3) is 15.9 Å². The molecule has 0 radical (unpaired) electrons. The molecule has 194 valence electrons. The number of sulfonamides is 1. The Balaban J connectivity index is 1.37. The van der Waals surface area contributed by atoms with Gasteiger partial charge in [0.2, 0.25) is 10.0 Å². The number of hydrogen-bond acceptors (Lipinski definition) is 5. The van der Waals surface area contributed by atoms with Crippen LogP contribution in [0.25, 0.3) is 17.0 Å². The molecule has 6 rings (SSSR count). The molecule has 37 heavy (non-hydrogen) atoms. The Morgan fingerprint density at radius 1 is 1.08 bits per heavy atom. The zero-order chi connectivity index (χ0) is 26.4. The lowest BCUT2D eigenvalue weighted by Gasteiger charge is -2.36. The van der Waals surface area contributed by atoms with Gasteiger partial charge in [0, 0.05) is 28.6 Å². The van der Waals surface area contributed by atoms with E-state index in [0.29, 0.717) is 28.8 Å². The SMILES string of the molecule is Cc1ccc(S(=O)(=O)n2cc(/C=C/C(=O)N3[C@H]4C[C@@H]5CC[C@@]4(CS3(=O)=O)C5(C)C)c3ccccc32)cc1. The molecule has 2 heterocycles. The summed E-state index contributed by atoms with van der Waals surface area (Å²) in [4.78, 5) is 13.6. The fraction of sp³-hybridized carbons (Fsp3) is 0.393. The number of aryl methyl sites for hydroxylation is 1. The largest absolute Gasteiger partial charge is 0.269 e. The van der Waals surface area contributed by atoms with Gasteiger partial charge in [-0.3, -0.25) is 4.79 Å². The first kappa shape index (κ1) is 24.4. The van der Waals surface area contributed by atoms with Crippen molar-refractivity contribution >= 4 is 42.9 Å². The van der Waals surface area contributed by atoms with E-state index < -0.39 is 31.4 Å². The number of amides is 1. The van der Waals surface area contributed by atoms with Crippen LogP contribution in [0.15, 0.2) is 65.7 Å². The fourth-order valence-electron chi connectivity index (χ4n) is 7.14. The van der Waals surface area contributed by atoms with E-state index in [1.807, 2.05) is 6.92 Å². The smallest absolute Gasteiger partial charge is 0.268 e. The van der Waals surface area contributed by atoms with Crippen LogP contribution in [-0.2, 0) is 24.8 Å². The Morgan fingerprint density at radius 2 is 1.78 bits per heavy atom. The van der Waals surface area contributed by atoms with E-state index in [2.05, 4.69) is 13.8 Å². The summed E-state index contributed by atoms with van der Waals surface area (Å²) in [6.45, 7) is 6.18. The van der Waals surface area contributed by atoms with E-state index in [1.165, 1.54) is 22.3 Å². The molecule has 3 fully saturated rings. The van der Waals surface area contributed by atoms with Gasteiger partial charge in [-0.2, -0.15) is 0 Å². The minimum atomic E-state index is -3.87. The number of nitrogens with zero attached hydrogens (tertiary/aromatic N) is 2. The second kappa shape index (κ2) is 7.80. The van der Waals surface area contributed by atoms with E-state index >= 15 is 0 Å². The molecule has 2 aliphatic carbocycles. The Hall–Kier alpha value is -2.91. The molecule has 7 nitrogen and oxygen atoms in total. The molecule has 1 aromatic heterocycles. The maximum Gasteiger partial charge on any atom is 0.268 e. The average Bonchev–Trinajstić information content (AvgIpc) is 3.48. The summed E-state index contributed by atoms with van der Waals surface area (Å²) in [5.74, 6) is -0.136. The van der Waals surface area contributed by atoms with Gasteiger partial charge in [-0.15, -0.1) is 0 Å². The monoisotopic (exact) mass is 538 g/mol. The predicted molar refractivity (Wildman–Crippen MR) is 143 cm³/mol. The standard InChI is InChI=1S/C28H30N2O5S2/c1-19-8-11-22(12-9-19)37(34,35)29-17-20(23-6-4-5-7-24(23)29)10-13-26(31)30-25-16-21-14-15-28(25,27(21,2)3)18-36(30,32)33/h4-13,17,21,25H,14-16,18H2,1-3H3/b13-10+/t21-,25-,28-/m0/s1. The van der Waals surface area contributed by atoms with Crippen LogP contribution in [0.3, 0.4) is 0 Å². The molecule has 3 atom stereocenters. The van der Waals surface area contributed by atoms with E-state index in [-0.39, 0.29) is 22.1 Å². The molecule has 0 N–H and O–H groups in total. The molecular formula is C28H30N2O5S2. The summed E-state index contributed by atoms with van der Waals surface area (Å²) in [7, 11) is -7.61. The topological polar surface area (TPSA) is 93.5 Å². The molecular weight excluding hydrogens is 508 g/mol. The lowest BCUT2D eigenvalue weighted by Crippen LogP contribution is -2.43. The van der Waals surface area contributed by atoms with E-state index in [0.717, 1.165) is 22.7 Å². The van der Waals surface area contributed by atoms with Crippen LogP contribution in [0.4, 0.5) is 0 Å². The lowest BCUT2D eigenvalue weighted by atomic mass is 9.69. The van der Waals surface area contributed by atoms with Crippen LogP contribution in [0.1, 0.15) is 44.2 Å². The number of carbonyl (C=O) groups is 1. The maximum absolute atomic E-state index is 13.4. The molecule has 3 aromatic rings. The highest BCUT2D eigenvalue weighted by Gasteiger charge is 2.72. The zero-order valence-electron chi connectivity index (χ0n) is 21.1. The van der Waals surface area contributed by atoms with Gasteiger partial charge in [-0.25, -0.2) is 25.1 Å². The van der Waals surface area contributed by atoms with Crippen molar-refractivity contribution in [3.63, 3.8) is 0 Å². The molecule has 1 aliphatic heterocycles. The molecule has 1 saturated heterocycles. The number of fused-ring (bicyclic) bond motifs is 2. The Kier molecular flexibility index (Phi) is 5.15. The first-order chi connectivity index (χ1) is 17.4. The predicted octanol–water partition coefficient (Wildman–Crippen LogP) is 4.57. The van der Waals surface area contributed by atoms with Crippen LogP contribution >= 0.6 is 0 Å². The van der Waals surface area contributed by atoms with Crippen LogP contribution in [0.2, 0.25) is 0 Å². The first-order valence-electron chi connectivity index (χ1n) is 12.5. The first-order valence-corrected chi connectivity index (χ1v) is 15.6. The summed E-state index contributed by atoms with van der Waals surface area (Å²) in [5.41, 5.74) is 1.45. The minimum absolute atomic E-state index is 0.0157. The normalized spacial score (nSPS) is 27.8. The third kappa shape index (κ3) is 3.32. The Morgan fingerprint density at radius 3 is 2.49 bits per heavy atom. The van der Waals surface area contributed by atoms with Crippen molar-refractivity contribution in [2.45, 2.75) is 51.0 Å². The van der Waals surface area contributed by atoms with E-state index in [4.69, 9.17) is 0 Å². The van der Waals surface area contributed by atoms with Crippen LogP contribution < -0.4 is 0 Å². The van der Waals surface area contributed by atoms with Crippen molar-refractivity contribution in [1.29, 1.82) is 0 Å². The van der Waals surface area contributed by atoms with Gasteiger partial charge in [0.1, 0.15) is 0 Å². The average molecular weight is 539 g/mol. The van der Waals surface area contributed by atoms with Crippen LogP contribution in [-0.4, -0.2) is 42.8 Å². The van der Waals surface area contributed by atoms with Gasteiger partial charge in [0.15, 0.2) is 0 Å². The highest BCUT2D eigenvalue weighted by atomic mass is 32.2. The second-order valence-corrected chi connectivity index (χ2v) is 15.0. The molecule has 0 unspecified atom stereocenters. The van der Waals surface area contributed by atoms with Crippen LogP contribution in [0.5, 0.6) is 0 Å². The molecule has 2 bridgehead atoms. The van der Waals surface area contributed by atoms with Gasteiger partial charge < -0.3 is 0 Å². The highest BCUT2D eigenvalue weighted by molar-refractivity contribution is 7.90. The Labute approximate surface area is 217 Å². The van der Waals surface area contributed by atoms with Crippen molar-refractivity contribution in [2.24, 2.45) is 16.7 Å². The summed E-state index contributed by atoms with van der Waals surface area (Å²) in [6, 6.07) is 13.4. The quantitative estimate of drug-likeness (QED) is 0.454. The van der Waals surface area contributed by atoms with Crippen molar-refractivity contribution in [3.05, 3.63) is 71.9 Å². The maximum atomic E-state index is 13.4.